The molecule has 4 amide bonds. The Morgan fingerprint density at radius 2 is 1.66 bits per heavy atom. The summed E-state index contributed by atoms with van der Waals surface area (Å²) >= 11 is 3.45. The molecule has 0 spiro atoms. The maximum Gasteiger partial charge on any atom is 0.272 e. The molecule has 44 heavy (non-hydrogen) atoms. The zero-order valence-corrected chi connectivity index (χ0v) is 26.1. The number of para-hydroxylation sites is 1. The van der Waals surface area contributed by atoms with Gasteiger partial charge in [0, 0.05) is 48.8 Å². The van der Waals surface area contributed by atoms with Crippen LogP contribution in [0.5, 0.6) is 0 Å². The first kappa shape index (κ1) is 29.4. The first-order valence-electron chi connectivity index (χ1n) is 13.7. The molecular formula is C34H25IN4O4S. The minimum absolute atomic E-state index is 0.0615. The number of nitrogens with zero attached hydrogens (tertiary/aromatic N) is 1. The molecule has 10 heteroatoms. The number of anilines is 2. The number of hydrogen-bond acceptors (Lipinski definition) is 5. The number of halogens is 1. The van der Waals surface area contributed by atoms with Gasteiger partial charge in [-0.05, 0) is 89.3 Å². The molecule has 1 fully saturated rings. The van der Waals surface area contributed by atoms with Crippen molar-refractivity contribution in [3.8, 4) is 0 Å². The van der Waals surface area contributed by atoms with Crippen LogP contribution in [-0.2, 0) is 14.4 Å². The molecule has 1 atom stereocenters. The Bertz CT molecular complexity index is 1920. The second-order valence-electron chi connectivity index (χ2n) is 10.0. The number of imide groups is 1. The molecule has 1 aliphatic heterocycles. The van der Waals surface area contributed by atoms with Gasteiger partial charge in [-0.25, -0.2) is 4.90 Å². The number of rotatable bonds is 8. The maximum absolute atomic E-state index is 13.6. The smallest absolute Gasteiger partial charge is 0.272 e. The van der Waals surface area contributed by atoms with E-state index in [1.54, 1.807) is 66.9 Å². The first-order valence-corrected chi connectivity index (χ1v) is 15.7. The number of carbonyl (C=O) groups is 4. The fourth-order valence-corrected chi connectivity index (χ4v) is 6.35. The Morgan fingerprint density at radius 1 is 0.909 bits per heavy atom. The standard InChI is InChI=1S/C34H25IN4O4S/c35-23-13-15-25(16-14-23)39-31(40)19-30(34(39)43)44-26-10-6-9-24(18-26)37-33(42)29(38-32(41)21-7-2-1-3-8-21)17-22-20-36-28-12-5-4-11-27(22)28/h1-18,20,30,36H,19H2,(H,37,42)(H,38,41)/b29-17-/t30-/m0/s1. The number of aromatic nitrogens is 1. The van der Waals surface area contributed by atoms with Crippen molar-refractivity contribution in [3.63, 3.8) is 0 Å². The zero-order valence-electron chi connectivity index (χ0n) is 23.1. The van der Waals surface area contributed by atoms with Crippen LogP contribution >= 0.6 is 34.4 Å². The highest BCUT2D eigenvalue weighted by atomic mass is 127. The van der Waals surface area contributed by atoms with Gasteiger partial charge in [-0.1, -0.05) is 42.5 Å². The van der Waals surface area contributed by atoms with Crippen LogP contribution in [-0.4, -0.2) is 33.9 Å². The van der Waals surface area contributed by atoms with Gasteiger partial charge in [-0.3, -0.25) is 19.2 Å². The third-order valence-corrected chi connectivity index (χ3v) is 8.91. The molecule has 4 aromatic carbocycles. The lowest BCUT2D eigenvalue weighted by Gasteiger charge is -2.15. The molecule has 0 radical (unpaired) electrons. The van der Waals surface area contributed by atoms with Crippen LogP contribution in [0.2, 0.25) is 0 Å². The minimum Gasteiger partial charge on any atom is -0.361 e. The van der Waals surface area contributed by atoms with Crippen LogP contribution < -0.4 is 15.5 Å². The van der Waals surface area contributed by atoms with Crippen molar-refractivity contribution in [1.29, 1.82) is 0 Å². The zero-order chi connectivity index (χ0) is 30.6. The Labute approximate surface area is 271 Å². The van der Waals surface area contributed by atoms with Crippen molar-refractivity contribution in [2.24, 2.45) is 0 Å². The van der Waals surface area contributed by atoms with Crippen LogP contribution in [0.25, 0.3) is 17.0 Å². The minimum atomic E-state index is -0.588. The van der Waals surface area contributed by atoms with Gasteiger partial charge in [0.1, 0.15) is 5.70 Å². The second kappa shape index (κ2) is 12.9. The summed E-state index contributed by atoms with van der Waals surface area (Å²) in [6, 6.07) is 30.6. The van der Waals surface area contributed by atoms with Crippen LogP contribution in [0.1, 0.15) is 22.3 Å². The van der Waals surface area contributed by atoms with E-state index in [1.807, 2.05) is 48.5 Å². The molecule has 8 nitrogen and oxygen atoms in total. The summed E-state index contributed by atoms with van der Waals surface area (Å²) in [4.78, 5) is 57.7. The summed E-state index contributed by atoms with van der Waals surface area (Å²) in [6.07, 6.45) is 3.49. The van der Waals surface area contributed by atoms with Crippen molar-refractivity contribution in [1.82, 2.24) is 10.3 Å². The van der Waals surface area contributed by atoms with E-state index < -0.39 is 17.1 Å². The summed E-state index contributed by atoms with van der Waals surface area (Å²) in [5, 5.41) is 5.96. The number of aromatic amines is 1. The van der Waals surface area contributed by atoms with Crippen LogP contribution in [0, 0.1) is 3.57 Å². The molecule has 1 aromatic heterocycles. The molecule has 5 aromatic rings. The summed E-state index contributed by atoms with van der Waals surface area (Å²) in [5.74, 6) is -1.46. The Balaban J connectivity index is 1.21. The van der Waals surface area contributed by atoms with E-state index in [4.69, 9.17) is 0 Å². The lowest BCUT2D eigenvalue weighted by molar-refractivity contribution is -0.121. The number of H-pyrrole nitrogens is 1. The monoisotopic (exact) mass is 712 g/mol. The molecule has 0 bridgehead atoms. The number of benzene rings is 4. The van der Waals surface area contributed by atoms with Crippen LogP contribution in [0.15, 0.2) is 120 Å². The third kappa shape index (κ3) is 6.46. The largest absolute Gasteiger partial charge is 0.361 e. The third-order valence-electron chi connectivity index (χ3n) is 7.01. The van der Waals surface area contributed by atoms with Crippen molar-refractivity contribution in [2.75, 3.05) is 10.2 Å². The average Bonchev–Trinajstić information content (AvgIpc) is 3.56. The highest BCUT2D eigenvalue weighted by molar-refractivity contribution is 14.1. The normalized spacial score (nSPS) is 15.1. The highest BCUT2D eigenvalue weighted by Gasteiger charge is 2.40. The summed E-state index contributed by atoms with van der Waals surface area (Å²) < 4.78 is 1.01. The number of thioether (sulfide) groups is 1. The van der Waals surface area contributed by atoms with Gasteiger partial charge in [-0.15, -0.1) is 11.8 Å². The SMILES string of the molecule is O=C(Nc1cccc(S[C@H]2CC(=O)N(c3ccc(I)cc3)C2=O)c1)/C(=C/c1c[nH]c2ccccc12)NC(=O)c1ccccc1. The molecule has 2 heterocycles. The van der Waals surface area contributed by atoms with E-state index in [9.17, 15) is 19.2 Å². The average molecular weight is 713 g/mol. The summed E-state index contributed by atoms with van der Waals surface area (Å²) in [5.41, 5.74) is 3.15. The molecule has 6 rings (SSSR count). The van der Waals surface area contributed by atoms with Gasteiger partial charge >= 0.3 is 0 Å². The molecule has 0 saturated carbocycles. The van der Waals surface area contributed by atoms with Crippen molar-refractivity contribution >= 4 is 86.3 Å². The molecule has 1 aliphatic rings. The predicted octanol–water partition coefficient (Wildman–Crippen LogP) is 6.61. The van der Waals surface area contributed by atoms with E-state index in [2.05, 4.69) is 38.2 Å². The van der Waals surface area contributed by atoms with Gasteiger partial charge in [0.2, 0.25) is 11.8 Å². The molecular weight excluding hydrogens is 687 g/mol. The summed E-state index contributed by atoms with van der Waals surface area (Å²) in [6.45, 7) is 0. The number of hydrogen-bond donors (Lipinski definition) is 3. The van der Waals surface area contributed by atoms with E-state index in [1.165, 1.54) is 16.7 Å². The fraction of sp³-hybridized carbons (Fsp3) is 0.0588. The fourth-order valence-electron chi connectivity index (χ4n) is 4.88. The maximum atomic E-state index is 13.6. The number of amides is 4. The van der Waals surface area contributed by atoms with E-state index in [-0.39, 0.29) is 23.9 Å². The quantitative estimate of drug-likeness (QED) is 0.0954. The van der Waals surface area contributed by atoms with Crippen LogP contribution in [0.4, 0.5) is 11.4 Å². The molecule has 0 unspecified atom stereocenters. The number of nitrogens with one attached hydrogen (secondary N) is 3. The Morgan fingerprint density at radius 3 is 2.45 bits per heavy atom. The predicted molar refractivity (Wildman–Crippen MR) is 181 cm³/mol. The van der Waals surface area contributed by atoms with E-state index in [0.29, 0.717) is 21.8 Å². The van der Waals surface area contributed by atoms with Gasteiger partial charge in [0.15, 0.2) is 0 Å². The van der Waals surface area contributed by atoms with Crippen molar-refractivity contribution in [3.05, 3.63) is 130 Å². The van der Waals surface area contributed by atoms with Gasteiger partial charge in [0.05, 0.1) is 10.9 Å². The highest BCUT2D eigenvalue weighted by Crippen LogP contribution is 2.35. The van der Waals surface area contributed by atoms with E-state index in [0.717, 1.165) is 20.0 Å². The van der Waals surface area contributed by atoms with Gasteiger partial charge < -0.3 is 15.6 Å². The molecule has 0 aliphatic carbocycles. The lowest BCUT2D eigenvalue weighted by atomic mass is 10.1. The molecule has 1 saturated heterocycles. The van der Waals surface area contributed by atoms with Gasteiger partial charge in [-0.2, -0.15) is 0 Å². The van der Waals surface area contributed by atoms with Gasteiger partial charge in [0.25, 0.3) is 11.8 Å². The van der Waals surface area contributed by atoms with E-state index >= 15 is 0 Å². The van der Waals surface area contributed by atoms with Crippen LogP contribution in [0.3, 0.4) is 0 Å². The summed E-state index contributed by atoms with van der Waals surface area (Å²) in [7, 11) is 0. The van der Waals surface area contributed by atoms with Crippen molar-refractivity contribution < 1.29 is 19.2 Å². The Kier molecular flexibility index (Phi) is 8.62. The second-order valence-corrected chi connectivity index (χ2v) is 12.5. The number of fused-ring (bicyclic) bond motifs is 1. The first-order chi connectivity index (χ1) is 21.4. The molecule has 218 valence electrons. The molecule has 3 N–H and O–H groups in total. The Hall–Kier alpha value is -4.68. The number of carbonyl (C=O) groups excluding carboxylic acids is 4. The topological polar surface area (TPSA) is 111 Å². The van der Waals surface area contributed by atoms with Crippen molar-refractivity contribution in [2.45, 2.75) is 16.6 Å². The lowest BCUT2D eigenvalue weighted by Crippen LogP contribution is -2.31.